The number of nitrogens with zero attached hydrogens (tertiary/aromatic N) is 1. The third-order valence-electron chi connectivity index (χ3n) is 4.51. The molecule has 0 spiro atoms. The van der Waals surface area contributed by atoms with Crippen molar-refractivity contribution in [3.63, 3.8) is 0 Å². The highest BCUT2D eigenvalue weighted by Gasteiger charge is 2.30. The van der Waals surface area contributed by atoms with Crippen molar-refractivity contribution < 1.29 is 18.0 Å². The number of nitrogens with one attached hydrogen (secondary N) is 1. The van der Waals surface area contributed by atoms with Crippen LogP contribution in [0.1, 0.15) is 35.2 Å². The van der Waals surface area contributed by atoms with Gasteiger partial charge in [-0.25, -0.2) is 0 Å². The number of aryl methyl sites for hydroxylation is 1. The summed E-state index contributed by atoms with van der Waals surface area (Å²) in [5.41, 5.74) is 1.92. The molecular weight excluding hydrogens is 353 g/mol. The molecule has 0 bridgehead atoms. The Morgan fingerprint density at radius 2 is 1.74 bits per heavy atom. The lowest BCUT2D eigenvalue weighted by Crippen LogP contribution is -2.35. The predicted molar refractivity (Wildman–Crippen MR) is 100 cm³/mol. The summed E-state index contributed by atoms with van der Waals surface area (Å²) in [6.45, 7) is 2.47. The smallest absolute Gasteiger partial charge is 0.354 e. The van der Waals surface area contributed by atoms with Gasteiger partial charge in [0, 0.05) is 6.54 Å². The number of halogens is 3. The number of carbonyl (C=O) groups is 1. The molecule has 0 saturated carbocycles. The minimum atomic E-state index is -4.41. The van der Waals surface area contributed by atoms with Gasteiger partial charge in [0.05, 0.1) is 18.0 Å². The molecule has 1 atom stereocenters. The van der Waals surface area contributed by atoms with Crippen LogP contribution in [0.2, 0.25) is 0 Å². The van der Waals surface area contributed by atoms with E-state index in [2.05, 4.69) is 24.4 Å². The maximum absolute atomic E-state index is 12.8. The highest BCUT2D eigenvalue weighted by atomic mass is 19.4. The van der Waals surface area contributed by atoms with Gasteiger partial charge in [-0.1, -0.05) is 49.4 Å². The highest BCUT2D eigenvalue weighted by molar-refractivity contribution is 5.78. The molecule has 0 aliphatic carbocycles. The van der Waals surface area contributed by atoms with Crippen LogP contribution in [0.3, 0.4) is 0 Å². The van der Waals surface area contributed by atoms with E-state index in [1.165, 1.54) is 17.7 Å². The van der Waals surface area contributed by atoms with E-state index in [4.69, 9.17) is 0 Å². The summed E-state index contributed by atoms with van der Waals surface area (Å²) in [6.07, 6.45) is -3.54. The molecule has 3 nitrogen and oxygen atoms in total. The van der Waals surface area contributed by atoms with Crippen molar-refractivity contribution in [3.8, 4) is 0 Å². The van der Waals surface area contributed by atoms with Crippen LogP contribution in [0.25, 0.3) is 0 Å². The molecule has 2 rings (SSSR count). The van der Waals surface area contributed by atoms with E-state index in [9.17, 15) is 18.0 Å². The van der Waals surface area contributed by atoms with Gasteiger partial charge in [-0.3, -0.25) is 4.79 Å². The summed E-state index contributed by atoms with van der Waals surface area (Å²) in [7, 11) is 3.86. The fraction of sp³-hybridized carbons (Fsp3) is 0.381. The van der Waals surface area contributed by atoms with Gasteiger partial charge in [0.1, 0.15) is 0 Å². The fourth-order valence-corrected chi connectivity index (χ4v) is 2.89. The Kier molecular flexibility index (Phi) is 7.02. The molecule has 0 aliphatic heterocycles. The number of hydrogen-bond acceptors (Lipinski definition) is 2. The van der Waals surface area contributed by atoms with Gasteiger partial charge in [0.25, 0.3) is 0 Å². The molecule has 0 aromatic heterocycles. The first-order valence-electron chi connectivity index (χ1n) is 8.88. The summed E-state index contributed by atoms with van der Waals surface area (Å²) in [6, 6.07) is 13.1. The van der Waals surface area contributed by atoms with Gasteiger partial charge in [-0.05, 0) is 43.3 Å². The standard InChI is InChI=1S/C21H25F3N2O/c1-4-15-8-10-17(11-9-15)19(26(2)3)14-25-20(27)13-16-6-5-7-18(12-16)21(22,23)24/h5-12,19H,4,13-14H2,1-3H3,(H,25,27)/t19-/m1/s1. The summed E-state index contributed by atoms with van der Waals surface area (Å²) < 4.78 is 38.4. The van der Waals surface area contributed by atoms with Gasteiger partial charge < -0.3 is 10.2 Å². The molecule has 0 unspecified atom stereocenters. The summed E-state index contributed by atoms with van der Waals surface area (Å²) in [5.74, 6) is -0.300. The number of rotatable bonds is 7. The van der Waals surface area contributed by atoms with Crippen molar-refractivity contribution in [1.29, 1.82) is 0 Å². The minimum Gasteiger partial charge on any atom is -0.354 e. The molecule has 6 heteroatoms. The Balaban J connectivity index is 1.99. The molecule has 146 valence electrons. The van der Waals surface area contributed by atoms with Crippen molar-refractivity contribution in [2.24, 2.45) is 0 Å². The Hall–Kier alpha value is -2.34. The Bertz CT molecular complexity index is 755. The first-order valence-corrected chi connectivity index (χ1v) is 8.88. The second-order valence-electron chi connectivity index (χ2n) is 6.75. The van der Waals surface area contributed by atoms with Gasteiger partial charge in [-0.15, -0.1) is 0 Å². The minimum absolute atomic E-state index is 0.0126. The Morgan fingerprint density at radius 1 is 1.07 bits per heavy atom. The number of likely N-dealkylation sites (N-methyl/N-ethyl adjacent to an activating group) is 1. The van der Waals surface area contributed by atoms with Crippen LogP contribution < -0.4 is 5.32 Å². The summed E-state index contributed by atoms with van der Waals surface area (Å²) >= 11 is 0. The van der Waals surface area contributed by atoms with Crippen LogP contribution in [-0.2, 0) is 23.8 Å². The molecule has 0 aliphatic rings. The maximum Gasteiger partial charge on any atom is 0.416 e. The lowest BCUT2D eigenvalue weighted by atomic mass is 10.0. The van der Waals surface area contributed by atoms with Crippen LogP contribution in [0.5, 0.6) is 0 Å². The molecule has 2 aromatic carbocycles. The molecule has 0 fully saturated rings. The van der Waals surface area contributed by atoms with Crippen LogP contribution in [0, 0.1) is 0 Å². The van der Waals surface area contributed by atoms with Gasteiger partial charge in [0.2, 0.25) is 5.91 Å². The van der Waals surface area contributed by atoms with Crippen molar-refractivity contribution in [2.75, 3.05) is 20.6 Å². The van der Waals surface area contributed by atoms with Crippen LogP contribution in [0.4, 0.5) is 13.2 Å². The monoisotopic (exact) mass is 378 g/mol. The van der Waals surface area contributed by atoms with Gasteiger partial charge in [0.15, 0.2) is 0 Å². The molecular formula is C21H25F3N2O. The van der Waals surface area contributed by atoms with Crippen LogP contribution >= 0.6 is 0 Å². The normalized spacial score (nSPS) is 12.9. The molecule has 1 N–H and O–H groups in total. The fourth-order valence-electron chi connectivity index (χ4n) is 2.89. The summed E-state index contributed by atoms with van der Waals surface area (Å²) in [5, 5.41) is 2.84. The van der Waals surface area contributed by atoms with E-state index >= 15 is 0 Å². The lowest BCUT2D eigenvalue weighted by Gasteiger charge is -2.25. The average Bonchev–Trinajstić information content (AvgIpc) is 2.61. The quantitative estimate of drug-likeness (QED) is 0.782. The van der Waals surface area contributed by atoms with E-state index in [1.54, 1.807) is 0 Å². The predicted octanol–water partition coefficient (Wildman–Crippen LogP) is 4.23. The van der Waals surface area contributed by atoms with Gasteiger partial charge >= 0.3 is 6.18 Å². The topological polar surface area (TPSA) is 32.3 Å². The third-order valence-corrected chi connectivity index (χ3v) is 4.51. The Morgan fingerprint density at radius 3 is 2.30 bits per heavy atom. The first kappa shape index (κ1) is 21.0. The number of benzene rings is 2. The van der Waals surface area contributed by atoms with E-state index in [1.807, 2.05) is 31.1 Å². The van der Waals surface area contributed by atoms with E-state index in [0.29, 0.717) is 12.1 Å². The second kappa shape index (κ2) is 9.04. The molecule has 0 radical (unpaired) electrons. The van der Waals surface area contributed by atoms with E-state index in [0.717, 1.165) is 24.1 Å². The Labute approximate surface area is 158 Å². The number of alkyl halides is 3. The molecule has 0 heterocycles. The molecule has 0 saturated heterocycles. The first-order chi connectivity index (χ1) is 12.7. The van der Waals surface area contributed by atoms with Crippen LogP contribution in [-0.4, -0.2) is 31.4 Å². The van der Waals surface area contributed by atoms with Crippen molar-refractivity contribution in [1.82, 2.24) is 10.2 Å². The number of carbonyl (C=O) groups excluding carboxylic acids is 1. The second-order valence-corrected chi connectivity index (χ2v) is 6.75. The zero-order valence-corrected chi connectivity index (χ0v) is 15.8. The average molecular weight is 378 g/mol. The zero-order valence-electron chi connectivity index (χ0n) is 15.8. The molecule has 2 aromatic rings. The zero-order chi connectivity index (χ0) is 20.0. The molecule has 1 amide bonds. The van der Waals surface area contributed by atoms with Crippen molar-refractivity contribution >= 4 is 5.91 Å². The number of hydrogen-bond donors (Lipinski definition) is 1. The highest BCUT2D eigenvalue weighted by Crippen LogP contribution is 2.29. The maximum atomic E-state index is 12.8. The third kappa shape index (κ3) is 6.10. The molecule has 27 heavy (non-hydrogen) atoms. The van der Waals surface area contributed by atoms with Crippen molar-refractivity contribution in [3.05, 3.63) is 70.8 Å². The lowest BCUT2D eigenvalue weighted by molar-refractivity contribution is -0.137. The van der Waals surface area contributed by atoms with Crippen molar-refractivity contribution in [2.45, 2.75) is 32.0 Å². The van der Waals surface area contributed by atoms with Crippen LogP contribution in [0.15, 0.2) is 48.5 Å². The largest absolute Gasteiger partial charge is 0.416 e. The number of amides is 1. The van der Waals surface area contributed by atoms with E-state index < -0.39 is 11.7 Å². The van der Waals surface area contributed by atoms with E-state index in [-0.39, 0.29) is 18.4 Å². The summed E-state index contributed by atoms with van der Waals surface area (Å²) in [4.78, 5) is 14.2. The van der Waals surface area contributed by atoms with Gasteiger partial charge in [-0.2, -0.15) is 13.2 Å². The SMILES string of the molecule is CCc1ccc([C@@H](CNC(=O)Cc2cccc(C(F)(F)F)c2)N(C)C)cc1.